The molecule has 0 aliphatic rings. The minimum absolute atomic E-state index is 0.0469. The molecule has 2 rings (SSSR count). The van der Waals surface area contributed by atoms with E-state index in [1.165, 1.54) is 19.2 Å². The molecule has 0 aliphatic carbocycles. The molecule has 8 heteroatoms. The first kappa shape index (κ1) is 13.2. The van der Waals surface area contributed by atoms with Crippen LogP contribution in [-0.2, 0) is 6.61 Å². The summed E-state index contributed by atoms with van der Waals surface area (Å²) in [5, 5.41) is 12.9. The van der Waals surface area contributed by atoms with Gasteiger partial charge in [0, 0.05) is 11.1 Å². The maximum Gasteiger partial charge on any atom is 0.339 e. The van der Waals surface area contributed by atoms with E-state index in [0.717, 1.165) is 6.39 Å². The van der Waals surface area contributed by atoms with Crippen molar-refractivity contribution in [2.24, 2.45) is 0 Å². The second-order valence-corrected chi connectivity index (χ2v) is 3.86. The molecule has 0 unspecified atom stereocenters. The minimum Gasteiger partial charge on any atom is -0.493 e. The van der Waals surface area contributed by atoms with Gasteiger partial charge in [-0.2, -0.15) is 4.98 Å². The number of nitrogens with zero attached hydrogens (tertiary/aromatic N) is 2. The molecule has 1 heterocycles. The van der Waals surface area contributed by atoms with E-state index >= 15 is 0 Å². The van der Waals surface area contributed by atoms with Gasteiger partial charge < -0.3 is 19.1 Å². The van der Waals surface area contributed by atoms with Gasteiger partial charge in [-0.25, -0.2) is 4.79 Å². The second kappa shape index (κ2) is 5.57. The summed E-state index contributed by atoms with van der Waals surface area (Å²) < 4.78 is 15.0. The van der Waals surface area contributed by atoms with E-state index in [2.05, 4.69) is 14.7 Å². The van der Waals surface area contributed by atoms with Gasteiger partial charge in [0.25, 0.3) is 0 Å². The predicted molar refractivity (Wildman–Crippen MR) is 63.6 cm³/mol. The molecule has 1 N–H and O–H groups in total. The lowest BCUT2D eigenvalue weighted by Gasteiger charge is -2.12. The van der Waals surface area contributed by atoms with Crippen LogP contribution in [0.3, 0.4) is 0 Å². The molecular weight excluding hydrogens is 276 g/mol. The van der Waals surface area contributed by atoms with Crippen molar-refractivity contribution in [3.63, 3.8) is 0 Å². The Kier molecular flexibility index (Phi) is 3.86. The zero-order chi connectivity index (χ0) is 13.8. The van der Waals surface area contributed by atoms with Crippen molar-refractivity contribution < 1.29 is 23.9 Å². The van der Waals surface area contributed by atoms with Crippen LogP contribution in [0, 0.1) is 0 Å². The Morgan fingerprint density at radius 2 is 2.32 bits per heavy atom. The Morgan fingerprint density at radius 1 is 1.53 bits per heavy atom. The number of hydrogen-bond donors (Lipinski definition) is 1. The SMILES string of the molecule is COc1cc(Cl)cc(C(=O)O)c1OCc1ncon1. The van der Waals surface area contributed by atoms with Gasteiger partial charge in [0.1, 0.15) is 5.56 Å². The highest BCUT2D eigenvalue weighted by atomic mass is 35.5. The van der Waals surface area contributed by atoms with Gasteiger partial charge in [0.2, 0.25) is 12.2 Å². The number of carbonyl (C=O) groups is 1. The highest BCUT2D eigenvalue weighted by Gasteiger charge is 2.19. The smallest absolute Gasteiger partial charge is 0.339 e. The maximum absolute atomic E-state index is 11.2. The number of benzene rings is 1. The van der Waals surface area contributed by atoms with Crippen molar-refractivity contribution in [3.8, 4) is 11.5 Å². The largest absolute Gasteiger partial charge is 0.493 e. The summed E-state index contributed by atoms with van der Waals surface area (Å²) >= 11 is 5.81. The molecule has 0 atom stereocenters. The Hall–Kier alpha value is -2.28. The summed E-state index contributed by atoms with van der Waals surface area (Å²) in [6, 6.07) is 2.73. The highest BCUT2D eigenvalue weighted by molar-refractivity contribution is 6.31. The zero-order valence-electron chi connectivity index (χ0n) is 9.79. The van der Waals surface area contributed by atoms with Gasteiger partial charge >= 0.3 is 5.97 Å². The lowest BCUT2D eigenvalue weighted by molar-refractivity contribution is 0.0690. The molecule has 1 aromatic carbocycles. The lowest BCUT2D eigenvalue weighted by atomic mass is 10.2. The molecule has 7 nitrogen and oxygen atoms in total. The molecule has 0 aliphatic heterocycles. The molecule has 0 saturated carbocycles. The van der Waals surface area contributed by atoms with Gasteiger partial charge in [-0.05, 0) is 6.07 Å². The minimum atomic E-state index is -1.18. The molecule has 2 aromatic rings. The Labute approximate surface area is 112 Å². The van der Waals surface area contributed by atoms with Crippen LogP contribution in [0.2, 0.25) is 5.02 Å². The molecule has 19 heavy (non-hydrogen) atoms. The van der Waals surface area contributed by atoms with Gasteiger partial charge in [0.15, 0.2) is 18.1 Å². The molecule has 0 bridgehead atoms. The lowest BCUT2D eigenvalue weighted by Crippen LogP contribution is -2.06. The fourth-order valence-corrected chi connectivity index (χ4v) is 1.63. The highest BCUT2D eigenvalue weighted by Crippen LogP contribution is 2.35. The monoisotopic (exact) mass is 284 g/mol. The van der Waals surface area contributed by atoms with Crippen LogP contribution in [0.1, 0.15) is 16.2 Å². The third-order valence-corrected chi connectivity index (χ3v) is 2.44. The van der Waals surface area contributed by atoms with Crippen LogP contribution >= 0.6 is 11.6 Å². The van der Waals surface area contributed by atoms with Gasteiger partial charge in [-0.15, -0.1) is 0 Å². The van der Waals surface area contributed by atoms with Crippen LogP contribution in [0.5, 0.6) is 11.5 Å². The third-order valence-electron chi connectivity index (χ3n) is 2.22. The number of carboxylic acid groups (broad SMARTS) is 1. The number of ether oxygens (including phenoxy) is 2. The van der Waals surface area contributed by atoms with E-state index < -0.39 is 5.97 Å². The number of carboxylic acids is 1. The van der Waals surface area contributed by atoms with Crippen LogP contribution < -0.4 is 9.47 Å². The Balaban J connectivity index is 2.33. The number of hydrogen-bond acceptors (Lipinski definition) is 6. The van der Waals surface area contributed by atoms with Crippen molar-refractivity contribution in [1.29, 1.82) is 0 Å². The van der Waals surface area contributed by atoms with E-state index in [1.807, 2.05) is 0 Å². The predicted octanol–water partition coefficient (Wildman–Crippen LogP) is 2.01. The summed E-state index contributed by atoms with van der Waals surface area (Å²) in [5.74, 6) is -0.616. The molecule has 0 saturated heterocycles. The van der Waals surface area contributed by atoms with Gasteiger partial charge in [0.05, 0.1) is 7.11 Å². The van der Waals surface area contributed by atoms with E-state index in [9.17, 15) is 4.79 Å². The quantitative estimate of drug-likeness (QED) is 0.897. The summed E-state index contributed by atoms with van der Waals surface area (Å²) in [7, 11) is 1.39. The second-order valence-electron chi connectivity index (χ2n) is 3.43. The van der Waals surface area contributed by atoms with Crippen molar-refractivity contribution in [3.05, 3.63) is 34.9 Å². The summed E-state index contributed by atoms with van der Waals surface area (Å²) in [6.07, 6.45) is 1.15. The van der Waals surface area contributed by atoms with Crippen LogP contribution in [0.15, 0.2) is 23.0 Å². The average Bonchev–Trinajstić information content (AvgIpc) is 2.89. The molecule has 0 spiro atoms. The maximum atomic E-state index is 11.2. The van der Waals surface area contributed by atoms with Crippen molar-refractivity contribution in [2.75, 3.05) is 7.11 Å². The molecule has 0 fully saturated rings. The van der Waals surface area contributed by atoms with E-state index in [4.69, 9.17) is 26.2 Å². The first-order chi connectivity index (χ1) is 9.11. The van der Waals surface area contributed by atoms with E-state index in [1.54, 1.807) is 0 Å². The third kappa shape index (κ3) is 2.94. The van der Waals surface area contributed by atoms with E-state index in [0.29, 0.717) is 0 Å². The summed E-state index contributed by atoms with van der Waals surface area (Å²) in [4.78, 5) is 14.9. The molecule has 0 amide bonds. The topological polar surface area (TPSA) is 94.7 Å². The first-order valence-electron chi connectivity index (χ1n) is 5.10. The standard InChI is InChI=1S/C11H9ClN2O5/c1-17-8-3-6(12)2-7(11(15)16)10(8)18-4-9-13-5-19-14-9/h2-3,5H,4H2,1H3,(H,15,16). The zero-order valence-corrected chi connectivity index (χ0v) is 10.5. The number of aromatic nitrogens is 2. The summed E-state index contributed by atoms with van der Waals surface area (Å²) in [5.41, 5.74) is -0.104. The summed E-state index contributed by atoms with van der Waals surface area (Å²) in [6.45, 7) is -0.0469. The van der Waals surface area contributed by atoms with Crippen LogP contribution in [0.4, 0.5) is 0 Å². The van der Waals surface area contributed by atoms with Crippen molar-refractivity contribution >= 4 is 17.6 Å². The number of rotatable bonds is 5. The number of methoxy groups -OCH3 is 1. The molecule has 0 radical (unpaired) electrons. The number of halogens is 1. The molecular formula is C11H9ClN2O5. The van der Waals surface area contributed by atoms with Crippen LogP contribution in [0.25, 0.3) is 0 Å². The molecule has 1 aromatic heterocycles. The fraction of sp³-hybridized carbons (Fsp3) is 0.182. The fourth-order valence-electron chi connectivity index (χ4n) is 1.42. The normalized spacial score (nSPS) is 10.2. The van der Waals surface area contributed by atoms with Crippen molar-refractivity contribution in [2.45, 2.75) is 6.61 Å². The number of aromatic carboxylic acids is 1. The van der Waals surface area contributed by atoms with Crippen LogP contribution in [-0.4, -0.2) is 28.3 Å². The average molecular weight is 285 g/mol. The van der Waals surface area contributed by atoms with E-state index in [-0.39, 0.29) is 34.5 Å². The Morgan fingerprint density at radius 3 is 2.89 bits per heavy atom. The molecule has 100 valence electrons. The van der Waals surface area contributed by atoms with Gasteiger partial charge in [-0.3, -0.25) is 0 Å². The van der Waals surface area contributed by atoms with Crippen molar-refractivity contribution in [1.82, 2.24) is 10.1 Å². The first-order valence-corrected chi connectivity index (χ1v) is 5.48. The van der Waals surface area contributed by atoms with Gasteiger partial charge in [-0.1, -0.05) is 16.8 Å². The Bertz CT molecular complexity index is 585.